The van der Waals surface area contributed by atoms with Gasteiger partial charge in [0.05, 0.1) is 23.0 Å². The number of fused-ring (bicyclic) bond motifs is 2. The van der Waals surface area contributed by atoms with E-state index in [9.17, 15) is 0 Å². The van der Waals surface area contributed by atoms with Crippen molar-refractivity contribution in [3.8, 4) is 11.5 Å². The lowest BCUT2D eigenvalue weighted by molar-refractivity contribution is 0.277. The van der Waals surface area contributed by atoms with E-state index in [1.807, 2.05) is 18.2 Å². The van der Waals surface area contributed by atoms with Crippen LogP contribution in [0.3, 0.4) is 0 Å². The van der Waals surface area contributed by atoms with Crippen molar-refractivity contribution >= 4 is 46.3 Å². The molecule has 3 heterocycles. The first-order valence-electron chi connectivity index (χ1n) is 9.28. The number of benzene rings is 1. The fraction of sp³-hybridized carbons (Fsp3) is 0.350. The van der Waals surface area contributed by atoms with Crippen LogP contribution in [0.2, 0.25) is 18.1 Å². The van der Waals surface area contributed by atoms with Crippen LogP contribution in [-0.2, 0) is 11.0 Å². The molecule has 0 fully saturated rings. The number of para-hydroxylation sites is 1. The summed E-state index contributed by atoms with van der Waals surface area (Å²) >= 11 is 3.59. The van der Waals surface area contributed by atoms with Gasteiger partial charge < -0.3 is 9.41 Å². The van der Waals surface area contributed by atoms with E-state index < -0.39 is 8.32 Å². The molecule has 2 N–H and O–H groups in total. The molecule has 0 aliphatic rings. The maximum atomic E-state index is 6.42. The molecular formula is C20H24BrN5OSi. The molecular weight excluding hydrogens is 434 g/mol. The maximum absolute atomic E-state index is 6.42. The number of hydrogen-bond acceptors (Lipinski definition) is 4. The number of imidazole rings is 1. The molecule has 4 aromatic rings. The minimum Gasteiger partial charge on any atom is -0.412 e. The molecule has 0 saturated heterocycles. The van der Waals surface area contributed by atoms with Crippen LogP contribution >= 0.6 is 15.9 Å². The number of aromatic nitrogens is 5. The zero-order valence-electron chi connectivity index (χ0n) is 16.7. The summed E-state index contributed by atoms with van der Waals surface area (Å²) in [5, 5.41) is 8.50. The zero-order valence-corrected chi connectivity index (χ0v) is 19.3. The third-order valence-corrected chi connectivity index (χ3v) is 10.8. The Hall–Kier alpha value is -2.03. The van der Waals surface area contributed by atoms with E-state index in [1.165, 1.54) is 0 Å². The van der Waals surface area contributed by atoms with Crippen LogP contribution in [0.5, 0.6) is 0 Å². The third kappa shape index (κ3) is 3.29. The average molecular weight is 458 g/mol. The second kappa shape index (κ2) is 6.79. The minimum atomic E-state index is -1.83. The van der Waals surface area contributed by atoms with Crippen molar-refractivity contribution in [2.24, 2.45) is 0 Å². The second-order valence-corrected chi connectivity index (χ2v) is 14.2. The summed E-state index contributed by atoms with van der Waals surface area (Å²) in [5.74, 6) is 0.717. The van der Waals surface area contributed by atoms with Crippen molar-refractivity contribution in [2.45, 2.75) is 45.5 Å². The maximum Gasteiger partial charge on any atom is 0.192 e. The smallest absolute Gasteiger partial charge is 0.192 e. The van der Waals surface area contributed by atoms with Crippen LogP contribution in [-0.4, -0.2) is 33.5 Å². The van der Waals surface area contributed by atoms with E-state index in [4.69, 9.17) is 9.41 Å². The summed E-state index contributed by atoms with van der Waals surface area (Å²) in [6.45, 7) is 11.8. The Morgan fingerprint density at radius 1 is 1.18 bits per heavy atom. The number of pyridine rings is 1. The number of rotatable bonds is 4. The van der Waals surface area contributed by atoms with Gasteiger partial charge in [-0.3, -0.25) is 5.10 Å². The highest BCUT2D eigenvalue weighted by molar-refractivity contribution is 9.10. The van der Waals surface area contributed by atoms with Crippen molar-refractivity contribution in [1.82, 2.24) is 25.1 Å². The normalized spacial score (nSPS) is 12.9. The molecule has 8 heteroatoms. The Labute approximate surface area is 173 Å². The van der Waals surface area contributed by atoms with Crippen LogP contribution < -0.4 is 0 Å². The van der Waals surface area contributed by atoms with Crippen LogP contribution in [0, 0.1) is 0 Å². The second-order valence-electron chi connectivity index (χ2n) is 8.54. The molecule has 0 radical (unpaired) electrons. The lowest BCUT2D eigenvalue weighted by Gasteiger charge is -2.36. The predicted molar refractivity (Wildman–Crippen MR) is 119 cm³/mol. The van der Waals surface area contributed by atoms with Crippen LogP contribution in [0.1, 0.15) is 26.3 Å². The summed E-state index contributed by atoms with van der Waals surface area (Å²) in [4.78, 5) is 12.6. The zero-order chi connectivity index (χ0) is 20.1. The SMILES string of the molecule is CC(C)(C)[Si](C)(C)OCc1cccc2[nH]c(-c3n[nH]c4nccc(Br)c34)nc12. The molecule has 0 amide bonds. The molecule has 146 valence electrons. The van der Waals surface area contributed by atoms with E-state index in [-0.39, 0.29) is 5.04 Å². The largest absolute Gasteiger partial charge is 0.412 e. The molecule has 0 atom stereocenters. The summed E-state index contributed by atoms with van der Waals surface area (Å²) in [6, 6.07) is 8.06. The molecule has 6 nitrogen and oxygen atoms in total. The van der Waals surface area contributed by atoms with Crippen molar-refractivity contribution < 1.29 is 4.43 Å². The van der Waals surface area contributed by atoms with Gasteiger partial charge in [0.1, 0.15) is 5.69 Å². The topological polar surface area (TPSA) is 79.5 Å². The van der Waals surface area contributed by atoms with E-state index in [2.05, 4.69) is 76.0 Å². The standard InChI is InChI=1S/C20H24BrN5OSi/c1-20(2,3)28(4,5)27-11-12-7-6-8-14-16(12)24-19(23-14)17-15-13(21)9-10-22-18(15)26-25-17/h6-10H,11H2,1-5H3,(H,23,24)(H,22,25,26). The number of nitrogens with zero attached hydrogens (tertiary/aromatic N) is 3. The molecule has 1 aromatic carbocycles. The first-order chi connectivity index (χ1) is 13.2. The Balaban J connectivity index is 1.73. The molecule has 0 unspecified atom stereocenters. The highest BCUT2D eigenvalue weighted by Crippen LogP contribution is 2.37. The van der Waals surface area contributed by atoms with Crippen molar-refractivity contribution in [3.05, 3.63) is 40.5 Å². The monoisotopic (exact) mass is 457 g/mol. The lowest BCUT2D eigenvalue weighted by Crippen LogP contribution is -2.40. The quantitative estimate of drug-likeness (QED) is 0.380. The van der Waals surface area contributed by atoms with Gasteiger partial charge in [-0.2, -0.15) is 5.10 Å². The number of nitrogens with one attached hydrogen (secondary N) is 2. The highest BCUT2D eigenvalue weighted by atomic mass is 79.9. The Morgan fingerprint density at radius 3 is 2.71 bits per heavy atom. The van der Waals surface area contributed by atoms with Gasteiger partial charge in [0, 0.05) is 16.2 Å². The number of aromatic amines is 2. The van der Waals surface area contributed by atoms with Gasteiger partial charge in [0.15, 0.2) is 19.8 Å². The van der Waals surface area contributed by atoms with E-state index in [0.29, 0.717) is 6.61 Å². The Morgan fingerprint density at radius 2 is 1.96 bits per heavy atom. The minimum absolute atomic E-state index is 0.171. The van der Waals surface area contributed by atoms with Gasteiger partial charge in [-0.05, 0) is 46.2 Å². The summed E-state index contributed by atoms with van der Waals surface area (Å²) < 4.78 is 7.36. The Kier molecular flexibility index (Phi) is 4.68. The third-order valence-electron chi connectivity index (χ3n) is 5.63. The fourth-order valence-corrected chi connectivity index (χ4v) is 4.32. The van der Waals surface area contributed by atoms with E-state index in [1.54, 1.807) is 6.20 Å². The Bertz CT molecular complexity index is 1160. The molecule has 4 rings (SSSR count). The van der Waals surface area contributed by atoms with E-state index in [0.717, 1.165) is 43.6 Å². The number of hydrogen-bond donors (Lipinski definition) is 2. The molecule has 0 bridgehead atoms. The number of H-pyrrole nitrogens is 2. The lowest BCUT2D eigenvalue weighted by atomic mass is 10.2. The van der Waals surface area contributed by atoms with Gasteiger partial charge in [0.25, 0.3) is 0 Å². The average Bonchev–Trinajstić information content (AvgIpc) is 3.23. The van der Waals surface area contributed by atoms with Gasteiger partial charge in [-0.1, -0.05) is 32.9 Å². The van der Waals surface area contributed by atoms with Crippen molar-refractivity contribution in [3.63, 3.8) is 0 Å². The van der Waals surface area contributed by atoms with Crippen molar-refractivity contribution in [1.29, 1.82) is 0 Å². The summed E-state index contributed by atoms with van der Waals surface area (Å²) in [5.41, 5.74) is 4.46. The predicted octanol–water partition coefficient (Wildman–Crippen LogP) is 5.79. The van der Waals surface area contributed by atoms with Gasteiger partial charge >= 0.3 is 0 Å². The highest BCUT2D eigenvalue weighted by Gasteiger charge is 2.37. The molecule has 0 saturated carbocycles. The summed E-state index contributed by atoms with van der Waals surface area (Å²) in [7, 11) is -1.83. The molecule has 0 aliphatic carbocycles. The van der Waals surface area contributed by atoms with Gasteiger partial charge in [0.2, 0.25) is 0 Å². The first kappa shape index (κ1) is 19.3. The fourth-order valence-electron chi connectivity index (χ4n) is 2.88. The van der Waals surface area contributed by atoms with Gasteiger partial charge in [-0.25, -0.2) is 9.97 Å². The molecule has 0 spiro atoms. The summed E-state index contributed by atoms with van der Waals surface area (Å²) in [6.07, 6.45) is 1.74. The van der Waals surface area contributed by atoms with Crippen LogP contribution in [0.4, 0.5) is 0 Å². The number of halogens is 1. The molecule has 0 aliphatic heterocycles. The molecule has 3 aromatic heterocycles. The van der Waals surface area contributed by atoms with Crippen molar-refractivity contribution in [2.75, 3.05) is 0 Å². The van der Waals surface area contributed by atoms with Crippen LogP contribution in [0.15, 0.2) is 34.9 Å². The van der Waals surface area contributed by atoms with Gasteiger partial charge in [-0.15, -0.1) is 0 Å². The molecule has 28 heavy (non-hydrogen) atoms. The van der Waals surface area contributed by atoms with Crippen LogP contribution in [0.25, 0.3) is 33.6 Å². The van der Waals surface area contributed by atoms with E-state index >= 15 is 0 Å². The first-order valence-corrected chi connectivity index (χ1v) is 13.0.